The van der Waals surface area contributed by atoms with E-state index in [-0.39, 0.29) is 10.8 Å². The molecule has 0 aliphatic carbocycles. The fraction of sp³-hybridized carbons (Fsp3) is 0.240. The number of carbonyl (C=O) groups excluding carboxylic acids is 1. The highest BCUT2D eigenvalue weighted by molar-refractivity contribution is 7.92. The molecule has 0 saturated heterocycles. The third-order valence-electron chi connectivity index (χ3n) is 4.92. The fourth-order valence-corrected chi connectivity index (χ4v) is 4.28. The van der Waals surface area contributed by atoms with Crippen molar-refractivity contribution in [2.45, 2.75) is 18.4 Å². The largest absolute Gasteiger partial charge is 0.494 e. The van der Waals surface area contributed by atoms with E-state index in [0.29, 0.717) is 36.7 Å². The highest BCUT2D eigenvalue weighted by Gasteiger charge is 2.15. The molecule has 0 bridgehead atoms. The van der Waals surface area contributed by atoms with Crippen LogP contribution in [0.5, 0.6) is 5.75 Å². The average molecular weight is 468 g/mol. The molecule has 0 aliphatic rings. The van der Waals surface area contributed by atoms with Crippen molar-refractivity contribution in [3.05, 3.63) is 90.0 Å². The molecule has 2 N–H and O–H groups in total. The van der Waals surface area contributed by atoms with E-state index in [9.17, 15) is 13.2 Å². The van der Waals surface area contributed by atoms with Crippen LogP contribution in [0.3, 0.4) is 0 Å². The Bertz CT molecular complexity index is 1130. The average Bonchev–Trinajstić information content (AvgIpc) is 2.80. The summed E-state index contributed by atoms with van der Waals surface area (Å²) in [4.78, 5) is 14.7. The van der Waals surface area contributed by atoms with Gasteiger partial charge in [0.05, 0.1) is 11.5 Å². The molecule has 0 aliphatic heterocycles. The van der Waals surface area contributed by atoms with E-state index in [4.69, 9.17) is 4.74 Å². The van der Waals surface area contributed by atoms with Crippen LogP contribution in [0.2, 0.25) is 0 Å². The first-order chi connectivity index (χ1) is 15.9. The van der Waals surface area contributed by atoms with Crippen molar-refractivity contribution in [3.63, 3.8) is 0 Å². The van der Waals surface area contributed by atoms with Crippen molar-refractivity contribution in [2.24, 2.45) is 0 Å². The first kappa shape index (κ1) is 24.3. The second kappa shape index (κ2) is 11.5. The van der Waals surface area contributed by atoms with E-state index in [0.717, 1.165) is 6.54 Å². The Kier molecular flexibility index (Phi) is 8.46. The van der Waals surface area contributed by atoms with Gasteiger partial charge < -0.3 is 15.0 Å². The van der Waals surface area contributed by atoms with Crippen LogP contribution in [0.1, 0.15) is 22.8 Å². The Morgan fingerprint density at radius 1 is 0.939 bits per heavy atom. The molecule has 0 heterocycles. The van der Waals surface area contributed by atoms with Crippen LogP contribution >= 0.6 is 0 Å². The zero-order valence-electron chi connectivity index (χ0n) is 18.8. The van der Waals surface area contributed by atoms with Gasteiger partial charge in [-0.1, -0.05) is 30.3 Å². The van der Waals surface area contributed by atoms with Gasteiger partial charge in [0.15, 0.2) is 0 Å². The Hall–Kier alpha value is -3.36. The van der Waals surface area contributed by atoms with Gasteiger partial charge in [-0.3, -0.25) is 9.52 Å². The minimum Gasteiger partial charge on any atom is -0.494 e. The molecule has 174 valence electrons. The summed E-state index contributed by atoms with van der Waals surface area (Å²) >= 11 is 0. The maximum atomic E-state index is 12.6. The van der Waals surface area contributed by atoms with Gasteiger partial charge in [-0.2, -0.15) is 0 Å². The van der Waals surface area contributed by atoms with Gasteiger partial charge in [0.25, 0.3) is 15.9 Å². The number of hydrogen-bond donors (Lipinski definition) is 2. The molecule has 0 radical (unpaired) electrons. The lowest BCUT2D eigenvalue weighted by atomic mass is 10.2. The summed E-state index contributed by atoms with van der Waals surface area (Å²) in [5.41, 5.74) is 2.06. The van der Waals surface area contributed by atoms with Crippen molar-refractivity contribution < 1.29 is 17.9 Å². The van der Waals surface area contributed by atoms with Gasteiger partial charge in [-0.25, -0.2) is 8.42 Å². The smallest absolute Gasteiger partial charge is 0.261 e. The van der Waals surface area contributed by atoms with Gasteiger partial charge in [0.2, 0.25) is 0 Å². The minimum absolute atomic E-state index is 0.132. The van der Waals surface area contributed by atoms with Crippen LogP contribution in [0, 0.1) is 0 Å². The van der Waals surface area contributed by atoms with E-state index in [1.807, 2.05) is 32.2 Å². The second-order valence-electron chi connectivity index (χ2n) is 7.57. The number of carbonyl (C=O) groups is 1. The predicted molar refractivity (Wildman–Crippen MR) is 130 cm³/mol. The van der Waals surface area contributed by atoms with Crippen molar-refractivity contribution >= 4 is 21.6 Å². The fourth-order valence-electron chi connectivity index (χ4n) is 3.22. The highest BCUT2D eigenvalue weighted by atomic mass is 32.2. The number of sulfonamides is 1. The molecule has 0 saturated carbocycles. The van der Waals surface area contributed by atoms with E-state index in [2.05, 4.69) is 27.1 Å². The van der Waals surface area contributed by atoms with Gasteiger partial charge in [-0.15, -0.1) is 0 Å². The number of anilines is 1. The number of hydrogen-bond acceptors (Lipinski definition) is 5. The lowest BCUT2D eigenvalue weighted by Crippen LogP contribution is -2.32. The van der Waals surface area contributed by atoms with Crippen LogP contribution in [0.4, 0.5) is 5.69 Å². The molecule has 0 spiro atoms. The normalized spacial score (nSPS) is 11.2. The lowest BCUT2D eigenvalue weighted by Gasteiger charge is -2.17. The van der Waals surface area contributed by atoms with Crippen LogP contribution in [-0.2, 0) is 16.6 Å². The SMILES string of the molecule is CCOc1ccc(S(=O)(=O)Nc2ccc(C(=O)NCCN(C)Cc3ccccc3)cc2)cc1. The number of rotatable bonds is 11. The van der Waals surface area contributed by atoms with Gasteiger partial charge in [0, 0.05) is 30.9 Å². The van der Waals surface area contributed by atoms with Gasteiger partial charge in [0.1, 0.15) is 5.75 Å². The molecular formula is C25H29N3O4S. The monoisotopic (exact) mass is 467 g/mol. The van der Waals surface area contributed by atoms with Crippen molar-refractivity contribution in [1.29, 1.82) is 0 Å². The Labute approximate surface area is 195 Å². The maximum Gasteiger partial charge on any atom is 0.261 e. The summed E-state index contributed by atoms with van der Waals surface area (Å²) < 4.78 is 33.0. The van der Waals surface area contributed by atoms with Gasteiger partial charge in [-0.05, 0) is 68.1 Å². The summed E-state index contributed by atoms with van der Waals surface area (Å²) in [7, 11) is -1.73. The van der Waals surface area contributed by atoms with E-state index >= 15 is 0 Å². The summed E-state index contributed by atoms with van der Waals surface area (Å²) in [6.45, 7) is 4.39. The molecule has 0 aromatic heterocycles. The quantitative estimate of drug-likeness (QED) is 0.449. The molecule has 3 aromatic rings. The standard InChI is InChI=1S/C25H29N3O4S/c1-3-32-23-13-15-24(16-14-23)33(30,31)27-22-11-9-21(10-12-22)25(29)26-17-18-28(2)19-20-7-5-4-6-8-20/h4-16,27H,3,17-19H2,1-2H3,(H,26,29). The molecule has 3 rings (SSSR count). The molecule has 0 fully saturated rings. The molecule has 3 aromatic carbocycles. The van der Waals surface area contributed by atoms with Gasteiger partial charge >= 0.3 is 0 Å². The molecule has 7 nitrogen and oxygen atoms in total. The third kappa shape index (κ3) is 7.34. The number of nitrogens with one attached hydrogen (secondary N) is 2. The van der Waals surface area contributed by atoms with Crippen molar-refractivity contribution in [3.8, 4) is 5.75 Å². The van der Waals surface area contributed by atoms with Crippen molar-refractivity contribution in [2.75, 3.05) is 31.5 Å². The molecule has 33 heavy (non-hydrogen) atoms. The second-order valence-corrected chi connectivity index (χ2v) is 9.25. The minimum atomic E-state index is -3.74. The Morgan fingerprint density at radius 2 is 1.61 bits per heavy atom. The molecule has 1 amide bonds. The topological polar surface area (TPSA) is 87.7 Å². The Balaban J connectivity index is 1.50. The van der Waals surface area contributed by atoms with Crippen LogP contribution in [0.25, 0.3) is 0 Å². The molecule has 8 heteroatoms. The summed E-state index contributed by atoms with van der Waals surface area (Å²) in [5, 5.41) is 2.89. The first-order valence-corrected chi connectivity index (χ1v) is 12.2. The summed E-state index contributed by atoms with van der Waals surface area (Å²) in [6, 6.07) is 22.7. The van der Waals surface area contributed by atoms with Crippen LogP contribution < -0.4 is 14.8 Å². The number of ether oxygens (including phenoxy) is 1. The lowest BCUT2D eigenvalue weighted by molar-refractivity contribution is 0.0949. The molecule has 0 unspecified atom stereocenters. The number of nitrogens with zero attached hydrogens (tertiary/aromatic N) is 1. The summed E-state index contributed by atoms with van der Waals surface area (Å²) in [5.74, 6) is 0.405. The summed E-state index contributed by atoms with van der Waals surface area (Å²) in [6.07, 6.45) is 0. The van der Waals surface area contributed by atoms with E-state index in [1.165, 1.54) is 17.7 Å². The zero-order chi connectivity index (χ0) is 23.7. The Morgan fingerprint density at radius 3 is 2.24 bits per heavy atom. The first-order valence-electron chi connectivity index (χ1n) is 10.7. The predicted octanol–water partition coefficient (Wildman–Crippen LogP) is 3.75. The zero-order valence-corrected chi connectivity index (χ0v) is 19.6. The molecular weight excluding hydrogens is 438 g/mol. The van der Waals surface area contributed by atoms with Crippen molar-refractivity contribution in [1.82, 2.24) is 10.2 Å². The van der Waals surface area contributed by atoms with E-state index in [1.54, 1.807) is 36.4 Å². The third-order valence-corrected chi connectivity index (χ3v) is 6.32. The number of benzene rings is 3. The van der Waals surface area contributed by atoms with Crippen LogP contribution in [-0.4, -0.2) is 46.0 Å². The maximum absolute atomic E-state index is 12.6. The molecule has 0 atom stereocenters. The number of likely N-dealkylation sites (N-methyl/N-ethyl adjacent to an activating group) is 1. The highest BCUT2D eigenvalue weighted by Crippen LogP contribution is 2.19. The van der Waals surface area contributed by atoms with E-state index < -0.39 is 10.0 Å². The van der Waals surface area contributed by atoms with Crippen LogP contribution in [0.15, 0.2) is 83.8 Å². The number of amides is 1.